The van der Waals surface area contributed by atoms with E-state index in [0.29, 0.717) is 29.9 Å². The zero-order valence-electron chi connectivity index (χ0n) is 27.7. The molecule has 260 valence electrons. The summed E-state index contributed by atoms with van der Waals surface area (Å²) < 4.78 is 53.9. The fraction of sp³-hybridized carbons (Fsp3) is 0.190. The highest BCUT2D eigenvalue weighted by atomic mass is 19.4. The van der Waals surface area contributed by atoms with Crippen LogP contribution in [0, 0.1) is 0 Å². The van der Waals surface area contributed by atoms with E-state index in [2.05, 4.69) is 5.32 Å². The number of halogens is 3. The molecule has 0 saturated carbocycles. The van der Waals surface area contributed by atoms with Crippen LogP contribution in [0.25, 0.3) is 17.2 Å². The second-order valence-electron chi connectivity index (χ2n) is 12.1. The summed E-state index contributed by atoms with van der Waals surface area (Å²) in [7, 11) is 0. The van der Waals surface area contributed by atoms with Crippen LogP contribution in [-0.4, -0.2) is 35.7 Å². The number of aliphatic hydroxyl groups is 1. The molecule has 0 fully saturated rings. The van der Waals surface area contributed by atoms with Gasteiger partial charge >= 0.3 is 6.18 Å². The standard InChI is InChI=1S/C42H37F3N2O4/c43-42(44,45)37-17-8-7-16-35(37)29-46-40(49)41(26-9-13-30-11-3-1-4-12-30)38(33-20-18-32(19-21-33)31-14-5-2-6-15-31)51-39(47-41)34-22-24-36(25-23-34)50-28-10-27-48/h1-9,11-25,38,48H,10,26-29H2,(H,46,49)/b13-9+/t38-,41-/m1/s1. The normalized spacial score (nSPS) is 17.2. The number of nitrogens with one attached hydrogen (secondary N) is 1. The molecule has 0 spiro atoms. The van der Waals surface area contributed by atoms with Crippen molar-refractivity contribution in [2.75, 3.05) is 13.2 Å². The second kappa shape index (κ2) is 15.9. The highest BCUT2D eigenvalue weighted by molar-refractivity contribution is 6.01. The summed E-state index contributed by atoms with van der Waals surface area (Å²) in [5, 5.41) is 11.9. The molecule has 0 unspecified atom stereocenters. The fourth-order valence-electron chi connectivity index (χ4n) is 6.01. The summed E-state index contributed by atoms with van der Waals surface area (Å²) in [6.07, 6.45) is -1.20. The molecule has 51 heavy (non-hydrogen) atoms. The largest absolute Gasteiger partial charge is 0.494 e. The van der Waals surface area contributed by atoms with Gasteiger partial charge in [-0.05, 0) is 58.1 Å². The van der Waals surface area contributed by atoms with E-state index >= 15 is 0 Å². The number of nitrogens with zero attached hydrogens (tertiary/aromatic N) is 1. The van der Waals surface area contributed by atoms with Crippen molar-refractivity contribution < 1.29 is 32.5 Å². The molecule has 2 atom stereocenters. The number of hydrogen-bond donors (Lipinski definition) is 2. The van der Waals surface area contributed by atoms with Gasteiger partial charge in [0.1, 0.15) is 5.75 Å². The molecule has 5 aromatic rings. The molecule has 6 rings (SSSR count). The van der Waals surface area contributed by atoms with Crippen LogP contribution in [0.15, 0.2) is 145 Å². The average molecular weight is 691 g/mol. The Hall–Kier alpha value is -5.67. The summed E-state index contributed by atoms with van der Waals surface area (Å²) >= 11 is 0. The highest BCUT2D eigenvalue weighted by Gasteiger charge is 2.52. The maximum absolute atomic E-state index is 14.5. The SMILES string of the molecule is O=C(NCc1ccccc1C(F)(F)F)[C@]1(C/C=C/c2ccccc2)N=C(c2ccc(OCCCO)cc2)O[C@@H]1c1ccc(-c2ccccc2)cc1. The van der Waals surface area contributed by atoms with Crippen LogP contribution in [0.1, 0.15) is 46.8 Å². The second-order valence-corrected chi connectivity index (χ2v) is 12.1. The van der Waals surface area contributed by atoms with Gasteiger partial charge < -0.3 is 19.9 Å². The van der Waals surface area contributed by atoms with Crippen LogP contribution in [0.3, 0.4) is 0 Å². The molecule has 6 nitrogen and oxygen atoms in total. The van der Waals surface area contributed by atoms with E-state index in [0.717, 1.165) is 22.8 Å². The fourth-order valence-corrected chi connectivity index (χ4v) is 6.01. The Morgan fingerprint density at radius 1 is 0.824 bits per heavy atom. The number of rotatable bonds is 13. The van der Waals surface area contributed by atoms with Crippen molar-refractivity contribution in [1.29, 1.82) is 0 Å². The van der Waals surface area contributed by atoms with Gasteiger partial charge in [0.05, 0.1) is 12.2 Å². The summed E-state index contributed by atoms with van der Waals surface area (Å²) in [6.45, 7) is 0.00695. The number of ether oxygens (including phenoxy) is 2. The van der Waals surface area contributed by atoms with Crippen LogP contribution < -0.4 is 10.1 Å². The minimum atomic E-state index is -4.59. The third kappa shape index (κ3) is 8.38. The zero-order valence-corrected chi connectivity index (χ0v) is 27.7. The number of aliphatic hydroxyl groups excluding tert-OH is 1. The smallest absolute Gasteiger partial charge is 0.416 e. The van der Waals surface area contributed by atoms with E-state index < -0.39 is 29.3 Å². The first-order valence-corrected chi connectivity index (χ1v) is 16.7. The lowest BCUT2D eigenvalue weighted by molar-refractivity contribution is -0.138. The lowest BCUT2D eigenvalue weighted by Gasteiger charge is -2.30. The highest BCUT2D eigenvalue weighted by Crippen LogP contribution is 2.44. The molecule has 0 bridgehead atoms. The molecule has 1 heterocycles. The topological polar surface area (TPSA) is 80.2 Å². The summed E-state index contributed by atoms with van der Waals surface area (Å²) in [4.78, 5) is 19.5. The van der Waals surface area contributed by atoms with Gasteiger partial charge in [-0.2, -0.15) is 13.2 Å². The third-order valence-electron chi connectivity index (χ3n) is 8.65. The van der Waals surface area contributed by atoms with Crippen LogP contribution >= 0.6 is 0 Å². The van der Waals surface area contributed by atoms with Crippen molar-refractivity contribution in [3.8, 4) is 16.9 Å². The Morgan fingerprint density at radius 3 is 2.14 bits per heavy atom. The molecule has 0 radical (unpaired) electrons. The van der Waals surface area contributed by atoms with Crippen LogP contribution in [0.4, 0.5) is 13.2 Å². The van der Waals surface area contributed by atoms with Gasteiger partial charge in [0.25, 0.3) is 5.91 Å². The van der Waals surface area contributed by atoms with E-state index in [1.807, 2.05) is 97.1 Å². The Labute approximate surface area is 294 Å². The maximum atomic E-state index is 14.5. The van der Waals surface area contributed by atoms with Gasteiger partial charge in [-0.1, -0.05) is 115 Å². The van der Waals surface area contributed by atoms with Crippen molar-refractivity contribution >= 4 is 17.9 Å². The van der Waals surface area contributed by atoms with E-state index in [9.17, 15) is 18.0 Å². The molecular formula is C42H37F3N2O4. The van der Waals surface area contributed by atoms with Crippen molar-refractivity contribution in [1.82, 2.24) is 5.32 Å². The first kappa shape index (κ1) is 35.2. The molecule has 5 aromatic carbocycles. The number of hydrogen-bond acceptors (Lipinski definition) is 5. The first-order chi connectivity index (χ1) is 24.8. The van der Waals surface area contributed by atoms with Crippen LogP contribution in [0.5, 0.6) is 5.75 Å². The monoisotopic (exact) mass is 690 g/mol. The predicted molar refractivity (Wildman–Crippen MR) is 192 cm³/mol. The summed E-state index contributed by atoms with van der Waals surface area (Å²) in [5.41, 5.74) is 1.72. The Kier molecular flexibility index (Phi) is 11.0. The molecule has 0 aliphatic carbocycles. The van der Waals surface area contributed by atoms with E-state index in [4.69, 9.17) is 19.6 Å². The van der Waals surface area contributed by atoms with E-state index in [1.54, 1.807) is 24.3 Å². The van der Waals surface area contributed by atoms with Crippen molar-refractivity contribution in [2.24, 2.45) is 4.99 Å². The lowest BCUT2D eigenvalue weighted by Crippen LogP contribution is -2.48. The molecule has 0 aromatic heterocycles. The van der Waals surface area contributed by atoms with E-state index in [1.165, 1.54) is 18.2 Å². The molecule has 1 amide bonds. The number of benzene rings is 5. The van der Waals surface area contributed by atoms with Gasteiger partial charge in [-0.25, -0.2) is 4.99 Å². The minimum Gasteiger partial charge on any atom is -0.494 e. The van der Waals surface area contributed by atoms with Gasteiger partial charge in [0, 0.05) is 31.6 Å². The lowest BCUT2D eigenvalue weighted by atomic mass is 9.83. The quantitative estimate of drug-likeness (QED) is 0.121. The van der Waals surface area contributed by atoms with Gasteiger partial charge in [0.2, 0.25) is 5.90 Å². The summed E-state index contributed by atoms with van der Waals surface area (Å²) in [5.74, 6) is 0.234. The first-order valence-electron chi connectivity index (χ1n) is 16.7. The average Bonchev–Trinajstić information content (AvgIpc) is 3.55. The molecular weight excluding hydrogens is 653 g/mol. The molecule has 1 aliphatic rings. The molecule has 9 heteroatoms. The van der Waals surface area contributed by atoms with Crippen molar-refractivity contribution in [2.45, 2.75) is 37.2 Å². The Bertz CT molecular complexity index is 1960. The third-order valence-corrected chi connectivity index (χ3v) is 8.65. The van der Waals surface area contributed by atoms with E-state index in [-0.39, 0.29) is 31.0 Å². The Morgan fingerprint density at radius 2 is 1.45 bits per heavy atom. The molecule has 2 N–H and O–H groups in total. The predicted octanol–water partition coefficient (Wildman–Crippen LogP) is 8.81. The minimum absolute atomic E-state index is 0.0150. The van der Waals surface area contributed by atoms with Gasteiger partial charge in [0.15, 0.2) is 11.6 Å². The number of alkyl halides is 3. The Balaban J connectivity index is 1.40. The molecule has 1 aliphatic heterocycles. The van der Waals surface area contributed by atoms with Crippen molar-refractivity contribution in [3.05, 3.63) is 167 Å². The van der Waals surface area contributed by atoms with Crippen LogP contribution in [0.2, 0.25) is 0 Å². The number of carbonyl (C=O) groups excluding carboxylic acids is 1. The van der Waals surface area contributed by atoms with Gasteiger partial charge in [-0.15, -0.1) is 0 Å². The summed E-state index contributed by atoms with van der Waals surface area (Å²) in [6, 6.07) is 39.4. The zero-order chi connectivity index (χ0) is 35.7. The molecule has 0 saturated heterocycles. The maximum Gasteiger partial charge on any atom is 0.416 e. The van der Waals surface area contributed by atoms with Gasteiger partial charge in [-0.3, -0.25) is 4.79 Å². The number of aliphatic imine (C=N–C) groups is 1. The van der Waals surface area contributed by atoms with Crippen molar-refractivity contribution in [3.63, 3.8) is 0 Å². The van der Waals surface area contributed by atoms with Crippen LogP contribution in [-0.2, 0) is 22.3 Å². The number of carbonyl (C=O) groups is 1. The number of amides is 1.